The monoisotopic (exact) mass is 507 g/mol. The van der Waals surface area contributed by atoms with Gasteiger partial charge in [-0.1, -0.05) is 27.7 Å². The molecule has 0 radical (unpaired) electrons. The molecule has 0 bridgehead atoms. The third kappa shape index (κ3) is 7.28. The molecule has 2 aliphatic heterocycles. The Morgan fingerprint density at radius 3 is 2.06 bits per heavy atom. The maximum atomic E-state index is 5.63. The molecule has 5 nitrogen and oxygen atoms in total. The maximum Gasteiger partial charge on any atom is 0.0605 e. The Bertz CT molecular complexity index is 783. The van der Waals surface area contributed by atoms with E-state index in [0.29, 0.717) is 22.9 Å². The molecule has 0 spiro atoms. The zero-order chi connectivity index (χ0) is 24.3. The van der Waals surface area contributed by atoms with Gasteiger partial charge in [0, 0.05) is 71.4 Å². The molecule has 0 atom stereocenters. The molecule has 2 saturated heterocycles. The minimum absolute atomic E-state index is 0. The predicted molar refractivity (Wildman–Crippen MR) is 151 cm³/mol. The molecular formula is C29H50ClN3O2. The number of ether oxygens (including phenoxy) is 2. The van der Waals surface area contributed by atoms with Crippen LogP contribution in [0.15, 0.2) is 18.2 Å². The third-order valence-corrected chi connectivity index (χ3v) is 8.47. The van der Waals surface area contributed by atoms with E-state index >= 15 is 0 Å². The van der Waals surface area contributed by atoms with E-state index in [0.717, 1.165) is 65.3 Å². The van der Waals surface area contributed by atoms with Gasteiger partial charge in [0.2, 0.25) is 0 Å². The lowest BCUT2D eigenvalue weighted by Crippen LogP contribution is -2.47. The van der Waals surface area contributed by atoms with Crippen LogP contribution in [0.4, 0.5) is 11.4 Å². The minimum atomic E-state index is 0. The highest BCUT2D eigenvalue weighted by Crippen LogP contribution is 2.53. The average molecular weight is 508 g/mol. The second kappa shape index (κ2) is 12.0. The number of nitrogens with zero attached hydrogens (tertiary/aromatic N) is 3. The first-order valence-electron chi connectivity index (χ1n) is 13.6. The zero-order valence-electron chi connectivity index (χ0n) is 23.1. The maximum absolute atomic E-state index is 5.63. The molecule has 4 rings (SSSR count). The SMILES string of the molecule is COCCN1CCN(c2ccc(N3CCC(OC)CC3)cc2C2CC(C)(C)CC(C)(C)C2)CC1.Cl. The molecular weight excluding hydrogens is 458 g/mol. The third-order valence-electron chi connectivity index (χ3n) is 8.47. The van der Waals surface area contributed by atoms with Crippen molar-refractivity contribution in [3.8, 4) is 0 Å². The van der Waals surface area contributed by atoms with E-state index in [9.17, 15) is 0 Å². The summed E-state index contributed by atoms with van der Waals surface area (Å²) in [6, 6.07) is 7.41. The predicted octanol–water partition coefficient (Wildman–Crippen LogP) is 5.81. The highest BCUT2D eigenvalue weighted by atomic mass is 35.5. The Morgan fingerprint density at radius 2 is 1.49 bits per heavy atom. The van der Waals surface area contributed by atoms with E-state index < -0.39 is 0 Å². The summed E-state index contributed by atoms with van der Waals surface area (Å²) in [7, 11) is 3.66. The highest BCUT2D eigenvalue weighted by molar-refractivity contribution is 5.85. The molecule has 2 heterocycles. The fourth-order valence-electron chi connectivity index (χ4n) is 7.20. The molecule has 1 aromatic carbocycles. The summed E-state index contributed by atoms with van der Waals surface area (Å²) in [6.45, 7) is 18.4. The molecule has 200 valence electrons. The van der Waals surface area contributed by atoms with Crippen LogP contribution in [0.1, 0.15) is 71.3 Å². The van der Waals surface area contributed by atoms with Crippen LogP contribution in [0.3, 0.4) is 0 Å². The fraction of sp³-hybridized carbons (Fsp3) is 0.793. The summed E-state index contributed by atoms with van der Waals surface area (Å²) in [4.78, 5) is 7.79. The van der Waals surface area contributed by atoms with Crippen molar-refractivity contribution in [1.29, 1.82) is 0 Å². The van der Waals surface area contributed by atoms with Crippen LogP contribution in [-0.4, -0.2) is 77.6 Å². The van der Waals surface area contributed by atoms with Gasteiger partial charge in [-0.25, -0.2) is 0 Å². The molecule has 0 aromatic heterocycles. The molecule has 6 heteroatoms. The van der Waals surface area contributed by atoms with E-state index in [4.69, 9.17) is 9.47 Å². The molecule has 0 amide bonds. The minimum Gasteiger partial charge on any atom is -0.383 e. The molecule has 1 saturated carbocycles. The Morgan fingerprint density at radius 1 is 0.857 bits per heavy atom. The summed E-state index contributed by atoms with van der Waals surface area (Å²) < 4.78 is 10.9. The van der Waals surface area contributed by atoms with E-state index in [1.807, 2.05) is 7.11 Å². The molecule has 35 heavy (non-hydrogen) atoms. The van der Waals surface area contributed by atoms with Crippen LogP contribution in [-0.2, 0) is 9.47 Å². The number of piperazine rings is 1. The van der Waals surface area contributed by atoms with E-state index in [1.165, 1.54) is 30.6 Å². The zero-order valence-corrected chi connectivity index (χ0v) is 24.0. The van der Waals surface area contributed by atoms with Crippen LogP contribution >= 0.6 is 12.4 Å². The molecule has 0 unspecified atom stereocenters. The van der Waals surface area contributed by atoms with Crippen molar-refractivity contribution in [2.75, 3.05) is 76.4 Å². The van der Waals surface area contributed by atoms with Crippen LogP contribution < -0.4 is 9.80 Å². The Hall–Kier alpha value is -1.01. The lowest BCUT2D eigenvalue weighted by molar-refractivity contribution is 0.0819. The van der Waals surface area contributed by atoms with Gasteiger partial charge in [-0.2, -0.15) is 0 Å². The van der Waals surface area contributed by atoms with Crippen LogP contribution in [0.2, 0.25) is 0 Å². The van der Waals surface area contributed by atoms with E-state index in [1.54, 1.807) is 12.7 Å². The van der Waals surface area contributed by atoms with E-state index in [2.05, 4.69) is 60.6 Å². The Balaban J connectivity index is 0.00000342. The van der Waals surface area contributed by atoms with Gasteiger partial charge in [0.05, 0.1) is 12.7 Å². The summed E-state index contributed by atoms with van der Waals surface area (Å²) >= 11 is 0. The Kier molecular flexibility index (Phi) is 9.81. The van der Waals surface area contributed by atoms with Gasteiger partial charge in [0.15, 0.2) is 0 Å². The normalized spacial score (nSPS) is 23.8. The van der Waals surface area contributed by atoms with Gasteiger partial charge < -0.3 is 19.3 Å². The van der Waals surface area contributed by atoms with Crippen LogP contribution in [0.5, 0.6) is 0 Å². The highest BCUT2D eigenvalue weighted by Gasteiger charge is 2.40. The Labute approximate surface area is 220 Å². The number of benzene rings is 1. The lowest BCUT2D eigenvalue weighted by Gasteiger charge is -2.46. The van der Waals surface area contributed by atoms with Crippen molar-refractivity contribution in [3.05, 3.63) is 23.8 Å². The van der Waals surface area contributed by atoms with Crippen molar-refractivity contribution in [3.63, 3.8) is 0 Å². The van der Waals surface area contributed by atoms with Crippen molar-refractivity contribution in [2.24, 2.45) is 10.8 Å². The number of rotatable bonds is 7. The summed E-state index contributed by atoms with van der Waals surface area (Å²) in [5.74, 6) is 0.622. The molecule has 1 aliphatic carbocycles. The molecule has 3 aliphatic rings. The largest absolute Gasteiger partial charge is 0.383 e. The first kappa shape index (κ1) is 28.6. The number of piperidine rings is 1. The lowest BCUT2D eigenvalue weighted by atomic mass is 9.60. The van der Waals surface area contributed by atoms with Gasteiger partial charge in [0.1, 0.15) is 0 Å². The fourth-order valence-corrected chi connectivity index (χ4v) is 7.20. The summed E-state index contributed by atoms with van der Waals surface area (Å²) in [5.41, 5.74) is 5.26. The number of hydrogen-bond donors (Lipinski definition) is 0. The van der Waals surface area contributed by atoms with Gasteiger partial charge in [0.25, 0.3) is 0 Å². The van der Waals surface area contributed by atoms with Gasteiger partial charge in [-0.05, 0) is 72.6 Å². The van der Waals surface area contributed by atoms with Gasteiger partial charge >= 0.3 is 0 Å². The van der Waals surface area contributed by atoms with Gasteiger partial charge in [-0.3, -0.25) is 4.90 Å². The van der Waals surface area contributed by atoms with Gasteiger partial charge in [-0.15, -0.1) is 12.4 Å². The summed E-state index contributed by atoms with van der Waals surface area (Å²) in [6.07, 6.45) is 6.55. The van der Waals surface area contributed by atoms with Crippen LogP contribution in [0, 0.1) is 10.8 Å². The molecule has 1 aromatic rings. The second-order valence-corrected chi connectivity index (χ2v) is 12.6. The van der Waals surface area contributed by atoms with Crippen molar-refractivity contribution >= 4 is 23.8 Å². The van der Waals surface area contributed by atoms with Crippen molar-refractivity contribution < 1.29 is 9.47 Å². The first-order valence-corrected chi connectivity index (χ1v) is 13.6. The first-order chi connectivity index (χ1) is 16.2. The van der Waals surface area contributed by atoms with Crippen molar-refractivity contribution in [2.45, 2.75) is 71.8 Å². The number of hydrogen-bond acceptors (Lipinski definition) is 5. The average Bonchev–Trinajstić information content (AvgIpc) is 2.81. The van der Waals surface area contributed by atoms with Crippen LogP contribution in [0.25, 0.3) is 0 Å². The number of methoxy groups -OCH3 is 2. The number of halogens is 1. The quantitative estimate of drug-likeness (QED) is 0.464. The van der Waals surface area contributed by atoms with Crippen molar-refractivity contribution in [1.82, 2.24) is 4.90 Å². The summed E-state index contributed by atoms with van der Waals surface area (Å²) in [5, 5.41) is 0. The number of anilines is 2. The molecule has 0 N–H and O–H groups in total. The topological polar surface area (TPSA) is 28.2 Å². The smallest absolute Gasteiger partial charge is 0.0605 e. The van der Waals surface area contributed by atoms with E-state index in [-0.39, 0.29) is 12.4 Å². The standard InChI is InChI=1S/C29H49N3O2.ClH/c1-28(2)20-23(21-29(3,4)22-28)26-19-24(31-11-9-25(34-6)10-12-31)7-8-27(26)32-15-13-30(14-16-32)17-18-33-5;/h7-8,19,23,25H,9-18,20-22H2,1-6H3;1H. The molecule has 3 fully saturated rings. The second-order valence-electron chi connectivity index (χ2n) is 12.6.